The molecule has 1 aliphatic rings. The van der Waals surface area contributed by atoms with E-state index in [-0.39, 0.29) is 6.03 Å². The molecule has 1 aliphatic heterocycles. The zero-order valence-electron chi connectivity index (χ0n) is 13.4. The Morgan fingerprint density at radius 3 is 2.83 bits per heavy atom. The van der Waals surface area contributed by atoms with Crippen LogP contribution in [0, 0.1) is 6.92 Å². The molecule has 1 aromatic carbocycles. The van der Waals surface area contributed by atoms with Crippen LogP contribution in [0.4, 0.5) is 10.5 Å². The minimum atomic E-state index is -0.183. The Balaban J connectivity index is 1.70. The van der Waals surface area contributed by atoms with E-state index in [2.05, 4.69) is 10.5 Å². The first kappa shape index (κ1) is 15.2. The van der Waals surface area contributed by atoms with Gasteiger partial charge in [-0.25, -0.2) is 4.79 Å². The van der Waals surface area contributed by atoms with Crippen LogP contribution < -0.4 is 14.8 Å². The SMILES string of the molecule is COc1ccc(NC(=O)N2CCc3c(C)noc3C2)cc1OC. The van der Waals surface area contributed by atoms with E-state index in [1.807, 2.05) is 6.92 Å². The summed E-state index contributed by atoms with van der Waals surface area (Å²) in [6, 6.07) is 5.07. The van der Waals surface area contributed by atoms with Gasteiger partial charge in [-0.15, -0.1) is 0 Å². The van der Waals surface area contributed by atoms with E-state index in [4.69, 9.17) is 14.0 Å². The summed E-state index contributed by atoms with van der Waals surface area (Å²) in [7, 11) is 3.13. The first-order valence-electron chi connectivity index (χ1n) is 7.34. The van der Waals surface area contributed by atoms with Crippen LogP contribution in [-0.4, -0.2) is 36.9 Å². The van der Waals surface area contributed by atoms with E-state index in [9.17, 15) is 4.79 Å². The van der Waals surface area contributed by atoms with Crippen molar-refractivity contribution in [3.8, 4) is 11.5 Å². The molecule has 1 aromatic heterocycles. The molecule has 7 nitrogen and oxygen atoms in total. The number of nitrogens with one attached hydrogen (secondary N) is 1. The van der Waals surface area contributed by atoms with Crippen molar-refractivity contribution in [3.63, 3.8) is 0 Å². The van der Waals surface area contributed by atoms with Crippen LogP contribution in [0.1, 0.15) is 17.0 Å². The van der Waals surface area contributed by atoms with Crippen LogP contribution in [0.2, 0.25) is 0 Å². The maximum atomic E-state index is 12.4. The second kappa shape index (κ2) is 6.20. The molecule has 1 N–H and O–H groups in total. The van der Waals surface area contributed by atoms with Crippen molar-refractivity contribution in [2.24, 2.45) is 0 Å². The number of methoxy groups -OCH3 is 2. The number of rotatable bonds is 3. The summed E-state index contributed by atoms with van der Waals surface area (Å²) in [6.45, 7) is 2.98. The normalized spacial score (nSPS) is 13.4. The van der Waals surface area contributed by atoms with Crippen molar-refractivity contribution >= 4 is 11.7 Å². The number of carbonyl (C=O) groups excluding carboxylic acids is 1. The summed E-state index contributed by atoms with van der Waals surface area (Å²) in [5.74, 6) is 1.94. The Morgan fingerprint density at radius 1 is 1.30 bits per heavy atom. The van der Waals surface area contributed by atoms with Gasteiger partial charge in [-0.3, -0.25) is 0 Å². The molecular weight excluding hydrogens is 298 g/mol. The van der Waals surface area contributed by atoms with Crippen LogP contribution in [-0.2, 0) is 13.0 Å². The summed E-state index contributed by atoms with van der Waals surface area (Å²) < 4.78 is 15.7. The largest absolute Gasteiger partial charge is 0.493 e. The fourth-order valence-corrected chi connectivity index (χ4v) is 2.67. The molecule has 0 aliphatic carbocycles. The number of aromatic nitrogens is 1. The van der Waals surface area contributed by atoms with Gasteiger partial charge in [0.1, 0.15) is 0 Å². The molecule has 0 saturated heterocycles. The summed E-state index contributed by atoms with van der Waals surface area (Å²) in [4.78, 5) is 14.1. The summed E-state index contributed by atoms with van der Waals surface area (Å²) in [5, 5.41) is 6.82. The average Bonchev–Trinajstić information content (AvgIpc) is 2.95. The third-order valence-corrected chi connectivity index (χ3v) is 3.95. The topological polar surface area (TPSA) is 76.8 Å². The van der Waals surface area contributed by atoms with Crippen LogP contribution in [0.25, 0.3) is 0 Å². The Bertz CT molecular complexity index is 726. The second-order valence-corrected chi connectivity index (χ2v) is 5.34. The molecule has 0 atom stereocenters. The molecule has 2 amide bonds. The Kier molecular flexibility index (Phi) is 4.10. The number of urea groups is 1. The van der Waals surface area contributed by atoms with Crippen LogP contribution in [0.15, 0.2) is 22.7 Å². The monoisotopic (exact) mass is 317 g/mol. The minimum absolute atomic E-state index is 0.183. The van der Waals surface area contributed by atoms with Crippen LogP contribution >= 0.6 is 0 Å². The molecule has 2 aromatic rings. The quantitative estimate of drug-likeness (QED) is 0.941. The number of anilines is 1. The van der Waals surface area contributed by atoms with E-state index in [1.165, 1.54) is 0 Å². The number of fused-ring (bicyclic) bond motifs is 1. The third-order valence-electron chi connectivity index (χ3n) is 3.95. The summed E-state index contributed by atoms with van der Waals surface area (Å²) >= 11 is 0. The number of amides is 2. The number of hydrogen-bond donors (Lipinski definition) is 1. The lowest BCUT2D eigenvalue weighted by atomic mass is 10.1. The van der Waals surface area contributed by atoms with Crippen molar-refractivity contribution in [1.82, 2.24) is 10.1 Å². The Morgan fingerprint density at radius 2 is 2.09 bits per heavy atom. The molecule has 0 unspecified atom stereocenters. The molecule has 0 fully saturated rings. The number of hydrogen-bond acceptors (Lipinski definition) is 5. The summed E-state index contributed by atoms with van der Waals surface area (Å²) in [6.07, 6.45) is 0.754. The van der Waals surface area contributed by atoms with Gasteiger partial charge in [0, 0.05) is 23.9 Å². The van der Waals surface area contributed by atoms with Gasteiger partial charge in [0.05, 0.1) is 26.5 Å². The van der Waals surface area contributed by atoms with Gasteiger partial charge in [0.15, 0.2) is 17.3 Å². The molecule has 0 saturated carbocycles. The molecular formula is C16H19N3O4. The van der Waals surface area contributed by atoms with Gasteiger partial charge >= 0.3 is 6.03 Å². The molecule has 0 bridgehead atoms. The lowest BCUT2D eigenvalue weighted by Crippen LogP contribution is -2.38. The zero-order chi connectivity index (χ0) is 16.4. The minimum Gasteiger partial charge on any atom is -0.493 e. The van der Waals surface area contributed by atoms with Crippen molar-refractivity contribution < 1.29 is 18.8 Å². The van der Waals surface area contributed by atoms with Gasteiger partial charge < -0.3 is 24.2 Å². The summed E-state index contributed by atoms with van der Waals surface area (Å²) in [5.41, 5.74) is 2.66. The lowest BCUT2D eigenvalue weighted by Gasteiger charge is -2.26. The van der Waals surface area contributed by atoms with Gasteiger partial charge in [0.2, 0.25) is 0 Å². The van der Waals surface area contributed by atoms with Gasteiger partial charge in [0.25, 0.3) is 0 Å². The number of benzene rings is 1. The van der Waals surface area contributed by atoms with Crippen molar-refractivity contribution in [2.75, 3.05) is 26.1 Å². The maximum absolute atomic E-state index is 12.4. The number of carbonyl (C=O) groups is 1. The number of nitrogens with zero attached hydrogens (tertiary/aromatic N) is 2. The second-order valence-electron chi connectivity index (χ2n) is 5.34. The number of aryl methyl sites for hydroxylation is 1. The molecule has 122 valence electrons. The number of ether oxygens (including phenoxy) is 2. The zero-order valence-corrected chi connectivity index (χ0v) is 13.4. The van der Waals surface area contributed by atoms with Gasteiger partial charge in [-0.1, -0.05) is 5.16 Å². The smallest absolute Gasteiger partial charge is 0.322 e. The van der Waals surface area contributed by atoms with Crippen molar-refractivity contribution in [1.29, 1.82) is 0 Å². The Labute approximate surface area is 134 Å². The van der Waals surface area contributed by atoms with E-state index in [0.29, 0.717) is 30.3 Å². The average molecular weight is 317 g/mol. The highest BCUT2D eigenvalue weighted by Crippen LogP contribution is 2.30. The highest BCUT2D eigenvalue weighted by Gasteiger charge is 2.25. The van der Waals surface area contributed by atoms with E-state index in [0.717, 1.165) is 23.4 Å². The molecule has 3 rings (SSSR count). The van der Waals surface area contributed by atoms with E-state index < -0.39 is 0 Å². The first-order chi connectivity index (χ1) is 11.1. The van der Waals surface area contributed by atoms with Crippen LogP contribution in [0.5, 0.6) is 11.5 Å². The first-order valence-corrected chi connectivity index (χ1v) is 7.34. The van der Waals surface area contributed by atoms with Crippen molar-refractivity contribution in [2.45, 2.75) is 19.9 Å². The fraction of sp³-hybridized carbons (Fsp3) is 0.375. The molecule has 7 heteroatoms. The van der Waals surface area contributed by atoms with Crippen LogP contribution in [0.3, 0.4) is 0 Å². The van der Waals surface area contributed by atoms with E-state index >= 15 is 0 Å². The van der Waals surface area contributed by atoms with E-state index in [1.54, 1.807) is 37.3 Å². The predicted octanol–water partition coefficient (Wildman–Crippen LogP) is 2.59. The van der Waals surface area contributed by atoms with Crippen molar-refractivity contribution in [3.05, 3.63) is 35.2 Å². The highest BCUT2D eigenvalue weighted by atomic mass is 16.5. The molecule has 0 radical (unpaired) electrons. The predicted molar refractivity (Wildman–Crippen MR) is 83.9 cm³/mol. The lowest BCUT2D eigenvalue weighted by molar-refractivity contribution is 0.196. The molecule has 2 heterocycles. The Hall–Kier alpha value is -2.70. The third kappa shape index (κ3) is 2.94. The maximum Gasteiger partial charge on any atom is 0.322 e. The molecule has 23 heavy (non-hydrogen) atoms. The highest BCUT2D eigenvalue weighted by molar-refractivity contribution is 5.89. The standard InChI is InChI=1S/C16H19N3O4/c1-10-12-6-7-19(9-15(12)23-18-10)16(20)17-11-4-5-13(21-2)14(8-11)22-3/h4-5,8H,6-7,9H2,1-3H3,(H,17,20). The fourth-order valence-electron chi connectivity index (χ4n) is 2.67. The molecule has 0 spiro atoms. The van der Waals surface area contributed by atoms with Gasteiger partial charge in [-0.2, -0.15) is 0 Å². The van der Waals surface area contributed by atoms with Gasteiger partial charge in [-0.05, 0) is 25.5 Å².